The van der Waals surface area contributed by atoms with E-state index in [-0.39, 0.29) is 12.1 Å². The maximum absolute atomic E-state index is 12.4. The van der Waals surface area contributed by atoms with Crippen LogP contribution in [0.5, 0.6) is 11.5 Å². The van der Waals surface area contributed by atoms with Crippen LogP contribution in [0.4, 0.5) is 0 Å². The van der Waals surface area contributed by atoms with Crippen molar-refractivity contribution in [2.75, 3.05) is 14.2 Å². The molecule has 0 aromatic heterocycles. The molecule has 0 N–H and O–H groups in total. The second-order valence-corrected chi connectivity index (χ2v) is 6.58. The van der Waals surface area contributed by atoms with Gasteiger partial charge in [-0.05, 0) is 38.3 Å². The van der Waals surface area contributed by atoms with Gasteiger partial charge in [-0.2, -0.15) is 0 Å². The number of methoxy groups -OCH3 is 2. The van der Waals surface area contributed by atoms with Crippen molar-refractivity contribution in [1.82, 2.24) is 0 Å². The lowest BCUT2D eigenvalue weighted by molar-refractivity contribution is -0.154. The molecule has 0 spiro atoms. The van der Waals surface area contributed by atoms with Gasteiger partial charge in [-0.3, -0.25) is 0 Å². The summed E-state index contributed by atoms with van der Waals surface area (Å²) in [6.45, 7) is 9.67. The maximum atomic E-state index is 12.4. The van der Waals surface area contributed by atoms with Gasteiger partial charge in [0.25, 0.3) is 0 Å². The standard InChI is InChI=1S/C20H24O5/c1-6-7-10-20-18(25-20)17(24-19(20)21)16-13(11-12(2)3)14(22-4)8-9-15(16)23-5/h6,8-9,17-18H,1-2,7,10-11H2,3-5H3/t17-,18-,20-/m0/s1. The van der Waals surface area contributed by atoms with Crippen LogP contribution in [0.15, 0.2) is 36.9 Å². The molecule has 5 heteroatoms. The molecule has 0 unspecified atom stereocenters. The maximum Gasteiger partial charge on any atom is 0.342 e. The summed E-state index contributed by atoms with van der Waals surface area (Å²) in [6.07, 6.45) is 2.87. The SMILES string of the molecule is C=CCC[C@]12O[C@H]1[C@H](c1c(OC)ccc(OC)c1CC(=C)C)OC2=O. The zero-order chi connectivity index (χ0) is 18.2. The Morgan fingerprint density at radius 3 is 2.56 bits per heavy atom. The van der Waals surface area contributed by atoms with E-state index in [2.05, 4.69) is 13.2 Å². The molecule has 3 atom stereocenters. The Morgan fingerprint density at radius 2 is 2.00 bits per heavy atom. The van der Waals surface area contributed by atoms with Gasteiger partial charge in [0, 0.05) is 11.1 Å². The molecule has 3 rings (SSSR count). The summed E-state index contributed by atoms with van der Waals surface area (Å²) in [5.41, 5.74) is 1.86. The number of allylic oxidation sites excluding steroid dienone is 2. The number of carbonyl (C=O) groups is 1. The number of hydrogen-bond acceptors (Lipinski definition) is 5. The number of fused-ring (bicyclic) bond motifs is 1. The molecule has 25 heavy (non-hydrogen) atoms. The first-order valence-corrected chi connectivity index (χ1v) is 8.36. The second kappa shape index (κ2) is 6.56. The smallest absolute Gasteiger partial charge is 0.342 e. The minimum Gasteiger partial charge on any atom is -0.496 e. The highest BCUT2D eigenvalue weighted by Gasteiger charge is 2.73. The summed E-state index contributed by atoms with van der Waals surface area (Å²) in [5.74, 6) is 1.07. The van der Waals surface area contributed by atoms with Crippen molar-refractivity contribution in [2.45, 2.75) is 44.0 Å². The number of benzene rings is 1. The van der Waals surface area contributed by atoms with Gasteiger partial charge < -0.3 is 18.9 Å². The third-order valence-corrected chi connectivity index (χ3v) is 4.79. The van der Waals surface area contributed by atoms with Crippen molar-refractivity contribution < 1.29 is 23.7 Å². The lowest BCUT2D eigenvalue weighted by atomic mass is 9.90. The molecule has 2 fully saturated rings. The number of ether oxygens (including phenoxy) is 4. The molecule has 1 aromatic carbocycles. The normalized spacial score (nSPS) is 26.6. The minimum atomic E-state index is -0.840. The molecule has 0 aliphatic carbocycles. The third-order valence-electron chi connectivity index (χ3n) is 4.79. The van der Waals surface area contributed by atoms with E-state index in [1.165, 1.54) is 0 Å². The quantitative estimate of drug-likeness (QED) is 0.410. The van der Waals surface area contributed by atoms with E-state index in [4.69, 9.17) is 18.9 Å². The molecule has 5 nitrogen and oxygen atoms in total. The van der Waals surface area contributed by atoms with E-state index in [1.807, 2.05) is 19.1 Å². The molecule has 0 bridgehead atoms. The number of epoxide rings is 1. The minimum absolute atomic E-state index is 0.301. The van der Waals surface area contributed by atoms with Gasteiger partial charge in [0.1, 0.15) is 17.6 Å². The molecule has 0 amide bonds. The lowest BCUT2D eigenvalue weighted by Crippen LogP contribution is -2.22. The van der Waals surface area contributed by atoms with E-state index >= 15 is 0 Å². The zero-order valence-electron chi connectivity index (χ0n) is 15.0. The first-order valence-electron chi connectivity index (χ1n) is 8.36. The summed E-state index contributed by atoms with van der Waals surface area (Å²) >= 11 is 0. The Hall–Kier alpha value is -2.27. The van der Waals surface area contributed by atoms with Crippen molar-refractivity contribution in [3.8, 4) is 11.5 Å². The Balaban J connectivity index is 2.03. The van der Waals surface area contributed by atoms with Gasteiger partial charge in [-0.25, -0.2) is 4.79 Å². The summed E-state index contributed by atoms with van der Waals surface area (Å²) in [4.78, 5) is 12.4. The van der Waals surface area contributed by atoms with Crippen molar-refractivity contribution >= 4 is 5.97 Å². The van der Waals surface area contributed by atoms with Gasteiger partial charge in [-0.15, -0.1) is 6.58 Å². The van der Waals surface area contributed by atoms with E-state index in [9.17, 15) is 4.79 Å². The van der Waals surface area contributed by atoms with Crippen molar-refractivity contribution in [2.24, 2.45) is 0 Å². The highest BCUT2D eigenvalue weighted by Crippen LogP contribution is 2.58. The number of rotatable bonds is 8. The fourth-order valence-corrected chi connectivity index (χ4v) is 3.56. The van der Waals surface area contributed by atoms with Crippen LogP contribution in [-0.4, -0.2) is 31.9 Å². The van der Waals surface area contributed by atoms with E-state index < -0.39 is 11.7 Å². The third kappa shape index (κ3) is 2.82. The summed E-state index contributed by atoms with van der Waals surface area (Å²) in [6, 6.07) is 3.69. The van der Waals surface area contributed by atoms with Gasteiger partial charge in [0.05, 0.1) is 14.2 Å². The molecule has 134 valence electrons. The molecule has 0 radical (unpaired) electrons. The number of esters is 1. The average Bonchev–Trinajstić information content (AvgIpc) is 3.26. The van der Waals surface area contributed by atoms with Crippen LogP contribution in [0.1, 0.15) is 37.0 Å². The van der Waals surface area contributed by atoms with Crippen molar-refractivity contribution in [3.05, 3.63) is 48.1 Å². The molecule has 2 aliphatic heterocycles. The summed E-state index contributed by atoms with van der Waals surface area (Å²) in [7, 11) is 3.22. The lowest BCUT2D eigenvalue weighted by Gasteiger charge is -2.21. The van der Waals surface area contributed by atoms with E-state index in [0.717, 1.165) is 22.4 Å². The largest absolute Gasteiger partial charge is 0.496 e. The first kappa shape index (κ1) is 17.5. The van der Waals surface area contributed by atoms with Crippen LogP contribution < -0.4 is 9.47 Å². The van der Waals surface area contributed by atoms with Gasteiger partial charge in [0.15, 0.2) is 11.7 Å². The number of carbonyl (C=O) groups excluding carboxylic acids is 1. The molecule has 2 saturated heterocycles. The Kier molecular flexibility index (Phi) is 4.60. The first-order chi connectivity index (χ1) is 12.0. The summed E-state index contributed by atoms with van der Waals surface area (Å²) in [5, 5.41) is 0. The highest BCUT2D eigenvalue weighted by atomic mass is 16.7. The van der Waals surface area contributed by atoms with E-state index in [1.54, 1.807) is 20.3 Å². The van der Waals surface area contributed by atoms with Gasteiger partial charge in [-0.1, -0.05) is 18.2 Å². The predicted octanol–water partition coefficient (Wildman–Crippen LogP) is 3.52. The fourth-order valence-electron chi connectivity index (χ4n) is 3.56. The second-order valence-electron chi connectivity index (χ2n) is 6.58. The average molecular weight is 344 g/mol. The van der Waals surface area contributed by atoms with Crippen molar-refractivity contribution in [3.63, 3.8) is 0 Å². The molecular weight excluding hydrogens is 320 g/mol. The fraction of sp³-hybridized carbons (Fsp3) is 0.450. The molecule has 2 heterocycles. The van der Waals surface area contributed by atoms with Gasteiger partial charge >= 0.3 is 5.97 Å². The van der Waals surface area contributed by atoms with Crippen molar-refractivity contribution in [1.29, 1.82) is 0 Å². The molecule has 0 saturated carbocycles. The molecule has 2 aliphatic rings. The Labute approximate surface area is 148 Å². The molecule has 1 aromatic rings. The molecular formula is C20H24O5. The van der Waals surface area contributed by atoms with E-state index in [0.29, 0.717) is 25.0 Å². The van der Waals surface area contributed by atoms with Crippen LogP contribution in [0.2, 0.25) is 0 Å². The number of cyclic esters (lactones) is 1. The topological polar surface area (TPSA) is 57.3 Å². The zero-order valence-corrected chi connectivity index (χ0v) is 15.0. The highest BCUT2D eigenvalue weighted by molar-refractivity contribution is 5.87. The van der Waals surface area contributed by atoms with Crippen LogP contribution >= 0.6 is 0 Å². The van der Waals surface area contributed by atoms with Crippen LogP contribution in [0.25, 0.3) is 0 Å². The van der Waals surface area contributed by atoms with Crippen LogP contribution in [0.3, 0.4) is 0 Å². The van der Waals surface area contributed by atoms with Crippen LogP contribution in [0, 0.1) is 0 Å². The summed E-state index contributed by atoms with van der Waals surface area (Å²) < 4.78 is 22.6. The predicted molar refractivity (Wildman–Crippen MR) is 93.9 cm³/mol. The van der Waals surface area contributed by atoms with Gasteiger partial charge in [0.2, 0.25) is 0 Å². The Morgan fingerprint density at radius 1 is 1.32 bits per heavy atom. The monoisotopic (exact) mass is 344 g/mol. The van der Waals surface area contributed by atoms with Crippen LogP contribution in [-0.2, 0) is 20.7 Å². The Bertz CT molecular complexity index is 723. The number of hydrogen-bond donors (Lipinski definition) is 0.